The molecule has 5 heteroatoms. The van der Waals surface area contributed by atoms with Gasteiger partial charge in [0.1, 0.15) is 11.6 Å². The number of halogens is 2. The molecule has 102 valence electrons. The van der Waals surface area contributed by atoms with Crippen molar-refractivity contribution in [2.75, 3.05) is 0 Å². The van der Waals surface area contributed by atoms with Gasteiger partial charge in [-0.3, -0.25) is 0 Å². The van der Waals surface area contributed by atoms with Crippen molar-refractivity contribution in [3.63, 3.8) is 0 Å². The second kappa shape index (κ2) is 5.00. The minimum atomic E-state index is 0.218. The number of nitrogens with zero attached hydrogens (tertiary/aromatic N) is 2. The van der Waals surface area contributed by atoms with Crippen LogP contribution in [-0.2, 0) is 6.54 Å². The summed E-state index contributed by atoms with van der Waals surface area (Å²) in [5.41, 5.74) is 2.64. The highest BCUT2D eigenvalue weighted by Gasteiger charge is 2.10. The quantitative estimate of drug-likeness (QED) is 0.761. The van der Waals surface area contributed by atoms with Gasteiger partial charge in [-0.15, -0.1) is 0 Å². The van der Waals surface area contributed by atoms with E-state index in [-0.39, 0.29) is 5.75 Å². The molecular formula is C15H12Cl2N2O. The van der Waals surface area contributed by atoms with Crippen LogP contribution in [0.2, 0.25) is 10.0 Å². The summed E-state index contributed by atoms with van der Waals surface area (Å²) in [6.45, 7) is 2.49. The lowest BCUT2D eigenvalue weighted by atomic mass is 10.2. The molecule has 0 saturated carbocycles. The molecule has 0 aliphatic heterocycles. The maximum atomic E-state index is 9.64. The number of phenolic OH excluding ortho intramolecular Hbond substituents is 1. The fourth-order valence-electron chi connectivity index (χ4n) is 2.27. The maximum absolute atomic E-state index is 9.64. The van der Waals surface area contributed by atoms with Gasteiger partial charge in [0.25, 0.3) is 0 Å². The van der Waals surface area contributed by atoms with Gasteiger partial charge in [0.05, 0.1) is 17.6 Å². The van der Waals surface area contributed by atoms with E-state index in [1.807, 2.05) is 17.6 Å². The Morgan fingerprint density at radius 3 is 2.75 bits per heavy atom. The molecular weight excluding hydrogens is 295 g/mol. The van der Waals surface area contributed by atoms with Gasteiger partial charge in [0.15, 0.2) is 0 Å². The zero-order chi connectivity index (χ0) is 14.3. The first-order chi connectivity index (χ1) is 9.54. The zero-order valence-electron chi connectivity index (χ0n) is 10.8. The normalized spacial score (nSPS) is 11.2. The number of hydrogen-bond acceptors (Lipinski definition) is 2. The van der Waals surface area contributed by atoms with Crippen LogP contribution in [0.25, 0.3) is 11.0 Å². The number of hydrogen-bond donors (Lipinski definition) is 1. The molecule has 0 unspecified atom stereocenters. The molecule has 0 saturated heterocycles. The van der Waals surface area contributed by atoms with Crippen molar-refractivity contribution < 1.29 is 5.11 Å². The Bertz CT molecular complexity index is 796. The fraction of sp³-hybridized carbons (Fsp3) is 0.133. The molecule has 0 aliphatic rings. The van der Waals surface area contributed by atoms with E-state index in [4.69, 9.17) is 23.2 Å². The Hall–Kier alpha value is -1.71. The first-order valence-electron chi connectivity index (χ1n) is 6.14. The van der Waals surface area contributed by atoms with Gasteiger partial charge in [0.2, 0.25) is 0 Å². The molecule has 0 atom stereocenters. The molecule has 0 fully saturated rings. The van der Waals surface area contributed by atoms with Crippen LogP contribution in [0.4, 0.5) is 0 Å². The van der Waals surface area contributed by atoms with E-state index in [1.54, 1.807) is 30.3 Å². The predicted octanol–water partition coefficient (Wildman–Crippen LogP) is 4.41. The first kappa shape index (κ1) is 13.3. The van der Waals surface area contributed by atoms with Crippen LogP contribution < -0.4 is 0 Å². The van der Waals surface area contributed by atoms with E-state index in [0.717, 1.165) is 22.4 Å². The SMILES string of the molecule is Cc1nc2ccc(O)cc2n1Cc1cc(Cl)ccc1Cl. The predicted molar refractivity (Wildman–Crippen MR) is 81.7 cm³/mol. The van der Waals surface area contributed by atoms with Crippen LogP contribution in [0.15, 0.2) is 36.4 Å². The molecule has 1 aromatic heterocycles. The zero-order valence-corrected chi connectivity index (χ0v) is 12.3. The third-order valence-corrected chi connectivity index (χ3v) is 3.86. The summed E-state index contributed by atoms with van der Waals surface area (Å²) < 4.78 is 2.01. The Morgan fingerprint density at radius 2 is 1.95 bits per heavy atom. The molecule has 1 N–H and O–H groups in total. The number of phenols is 1. The molecule has 3 rings (SSSR count). The van der Waals surface area contributed by atoms with Gasteiger partial charge < -0.3 is 9.67 Å². The van der Waals surface area contributed by atoms with Crippen molar-refractivity contribution in [3.8, 4) is 5.75 Å². The van der Waals surface area contributed by atoms with Crippen molar-refractivity contribution in [2.45, 2.75) is 13.5 Å². The summed E-state index contributed by atoms with van der Waals surface area (Å²) in [4.78, 5) is 4.48. The smallest absolute Gasteiger partial charge is 0.117 e. The Kier molecular flexibility index (Phi) is 3.32. The summed E-state index contributed by atoms with van der Waals surface area (Å²) in [6.07, 6.45) is 0. The van der Waals surface area contributed by atoms with E-state index in [0.29, 0.717) is 16.6 Å². The van der Waals surface area contributed by atoms with Crippen LogP contribution in [0.3, 0.4) is 0 Å². The average molecular weight is 307 g/mol. The Balaban J connectivity index is 2.12. The number of imidazole rings is 1. The van der Waals surface area contributed by atoms with E-state index < -0.39 is 0 Å². The standard InChI is InChI=1S/C15H12Cl2N2O/c1-9-18-14-5-3-12(20)7-15(14)19(9)8-10-6-11(16)2-4-13(10)17/h2-7,20H,8H2,1H3. The molecule has 0 aliphatic carbocycles. The Morgan fingerprint density at radius 1 is 1.15 bits per heavy atom. The minimum Gasteiger partial charge on any atom is -0.508 e. The average Bonchev–Trinajstić information content (AvgIpc) is 2.70. The molecule has 0 radical (unpaired) electrons. The van der Waals surface area contributed by atoms with Gasteiger partial charge >= 0.3 is 0 Å². The van der Waals surface area contributed by atoms with Crippen molar-refractivity contribution in [2.24, 2.45) is 0 Å². The number of aromatic hydroxyl groups is 1. The van der Waals surface area contributed by atoms with Crippen molar-refractivity contribution in [1.82, 2.24) is 9.55 Å². The topological polar surface area (TPSA) is 38.1 Å². The van der Waals surface area contributed by atoms with Gasteiger partial charge in [-0.25, -0.2) is 4.98 Å². The minimum absolute atomic E-state index is 0.218. The second-order valence-electron chi connectivity index (χ2n) is 4.65. The third-order valence-electron chi connectivity index (χ3n) is 3.26. The highest BCUT2D eigenvalue weighted by Crippen LogP contribution is 2.26. The number of benzene rings is 2. The number of fused-ring (bicyclic) bond motifs is 1. The summed E-state index contributed by atoms with van der Waals surface area (Å²) in [7, 11) is 0. The molecule has 20 heavy (non-hydrogen) atoms. The first-order valence-corrected chi connectivity index (χ1v) is 6.90. The van der Waals surface area contributed by atoms with Crippen LogP contribution in [-0.4, -0.2) is 14.7 Å². The summed E-state index contributed by atoms with van der Waals surface area (Å²) in [5.74, 6) is 1.08. The number of aryl methyl sites for hydroxylation is 1. The number of rotatable bonds is 2. The number of aromatic nitrogens is 2. The van der Waals surface area contributed by atoms with E-state index in [9.17, 15) is 5.11 Å². The lowest BCUT2D eigenvalue weighted by Gasteiger charge is -2.09. The maximum Gasteiger partial charge on any atom is 0.117 e. The van der Waals surface area contributed by atoms with Gasteiger partial charge in [-0.1, -0.05) is 23.2 Å². The van der Waals surface area contributed by atoms with Crippen LogP contribution in [0.5, 0.6) is 5.75 Å². The van der Waals surface area contributed by atoms with Crippen molar-refractivity contribution in [1.29, 1.82) is 0 Å². The van der Waals surface area contributed by atoms with Crippen LogP contribution >= 0.6 is 23.2 Å². The lowest BCUT2D eigenvalue weighted by molar-refractivity contribution is 0.476. The summed E-state index contributed by atoms with van der Waals surface area (Å²) in [6, 6.07) is 10.5. The van der Waals surface area contributed by atoms with Crippen LogP contribution in [0.1, 0.15) is 11.4 Å². The third kappa shape index (κ3) is 2.35. The summed E-state index contributed by atoms with van der Waals surface area (Å²) in [5, 5.41) is 11.0. The van der Waals surface area contributed by atoms with Crippen molar-refractivity contribution in [3.05, 3.63) is 57.8 Å². The molecule has 1 heterocycles. The molecule has 2 aromatic carbocycles. The fourth-order valence-corrected chi connectivity index (χ4v) is 2.64. The van der Waals surface area contributed by atoms with Gasteiger partial charge in [0, 0.05) is 16.1 Å². The second-order valence-corrected chi connectivity index (χ2v) is 5.50. The highest BCUT2D eigenvalue weighted by molar-refractivity contribution is 6.33. The monoisotopic (exact) mass is 306 g/mol. The summed E-state index contributed by atoms with van der Waals surface area (Å²) >= 11 is 12.2. The van der Waals surface area contributed by atoms with E-state index in [1.165, 1.54) is 0 Å². The van der Waals surface area contributed by atoms with Gasteiger partial charge in [-0.05, 0) is 42.8 Å². The Labute approximate surface area is 126 Å². The van der Waals surface area contributed by atoms with Crippen molar-refractivity contribution >= 4 is 34.2 Å². The molecule has 3 aromatic rings. The van der Waals surface area contributed by atoms with E-state index in [2.05, 4.69) is 4.98 Å². The molecule has 0 amide bonds. The van der Waals surface area contributed by atoms with Crippen LogP contribution in [0, 0.1) is 6.92 Å². The molecule has 0 bridgehead atoms. The molecule has 3 nitrogen and oxygen atoms in total. The highest BCUT2D eigenvalue weighted by atomic mass is 35.5. The lowest BCUT2D eigenvalue weighted by Crippen LogP contribution is -2.02. The van der Waals surface area contributed by atoms with E-state index >= 15 is 0 Å². The largest absolute Gasteiger partial charge is 0.508 e. The molecule has 0 spiro atoms. The van der Waals surface area contributed by atoms with Gasteiger partial charge in [-0.2, -0.15) is 0 Å².